The molecule has 0 aliphatic heterocycles. The van der Waals surface area contributed by atoms with Crippen LogP contribution < -0.4 is 0 Å². The molecule has 4 nitrogen and oxygen atoms in total. The predicted molar refractivity (Wildman–Crippen MR) is 99.9 cm³/mol. The first-order valence-corrected chi connectivity index (χ1v) is 8.22. The van der Waals surface area contributed by atoms with Crippen LogP contribution in [0.2, 0.25) is 0 Å². The summed E-state index contributed by atoms with van der Waals surface area (Å²) in [5, 5.41) is 8.92. The van der Waals surface area contributed by atoms with Gasteiger partial charge in [-0.05, 0) is 61.9 Å². The molecule has 3 rings (SSSR count). The fraction of sp³-hybridized carbons (Fsp3) is 0.143. The summed E-state index contributed by atoms with van der Waals surface area (Å²) in [6.45, 7) is 4.47. The number of aliphatic imine (C=N–C) groups is 1. The second-order valence-electron chi connectivity index (χ2n) is 6.11. The number of hydrogen-bond donors (Lipinski definition) is 1. The molecule has 5 heteroatoms. The quantitative estimate of drug-likeness (QED) is 0.686. The van der Waals surface area contributed by atoms with Crippen molar-refractivity contribution in [2.45, 2.75) is 20.4 Å². The van der Waals surface area contributed by atoms with Crippen LogP contribution >= 0.6 is 0 Å². The maximum atomic E-state index is 13.1. The third kappa shape index (κ3) is 3.72. The molecule has 0 unspecified atom stereocenters. The molecule has 132 valence electrons. The first-order chi connectivity index (χ1) is 12.5. The van der Waals surface area contributed by atoms with E-state index in [0.717, 1.165) is 28.2 Å². The third-order valence-corrected chi connectivity index (χ3v) is 4.26. The number of halogens is 1. The molecule has 2 aromatic carbocycles. The van der Waals surface area contributed by atoms with Crippen LogP contribution in [0.4, 0.5) is 4.39 Å². The summed E-state index contributed by atoms with van der Waals surface area (Å²) < 4.78 is 15.2. The highest BCUT2D eigenvalue weighted by Gasteiger charge is 2.09. The Morgan fingerprint density at radius 3 is 2.38 bits per heavy atom. The van der Waals surface area contributed by atoms with Crippen molar-refractivity contribution in [2.75, 3.05) is 0 Å². The predicted octanol–water partition coefficient (Wildman–Crippen LogP) is 4.55. The summed E-state index contributed by atoms with van der Waals surface area (Å²) in [5.41, 5.74) is 5.18. The Morgan fingerprint density at radius 1 is 1.12 bits per heavy atom. The molecule has 0 aliphatic rings. The first-order valence-electron chi connectivity index (χ1n) is 8.22. The van der Waals surface area contributed by atoms with Crippen molar-refractivity contribution < 1.29 is 14.3 Å². The van der Waals surface area contributed by atoms with Crippen LogP contribution in [-0.2, 0) is 6.54 Å². The van der Waals surface area contributed by atoms with E-state index in [2.05, 4.69) is 9.56 Å². The van der Waals surface area contributed by atoms with E-state index in [0.29, 0.717) is 6.54 Å². The van der Waals surface area contributed by atoms with Crippen LogP contribution in [0.15, 0.2) is 59.6 Å². The summed E-state index contributed by atoms with van der Waals surface area (Å²) in [7, 11) is 0. The molecule has 3 aromatic rings. The molecular weight excluding hydrogens is 331 g/mol. The average Bonchev–Trinajstić information content (AvgIpc) is 2.90. The summed E-state index contributed by atoms with van der Waals surface area (Å²) in [5.74, 6) is -1.19. The van der Waals surface area contributed by atoms with Gasteiger partial charge in [0.2, 0.25) is 0 Å². The number of rotatable bonds is 5. The molecule has 26 heavy (non-hydrogen) atoms. The van der Waals surface area contributed by atoms with Crippen LogP contribution in [0.3, 0.4) is 0 Å². The third-order valence-electron chi connectivity index (χ3n) is 4.26. The largest absolute Gasteiger partial charge is 0.478 e. The number of aryl methyl sites for hydroxylation is 1. The zero-order chi connectivity index (χ0) is 18.7. The van der Waals surface area contributed by atoms with E-state index >= 15 is 0 Å². The van der Waals surface area contributed by atoms with E-state index in [1.54, 1.807) is 36.4 Å². The van der Waals surface area contributed by atoms with Crippen molar-refractivity contribution >= 4 is 12.2 Å². The van der Waals surface area contributed by atoms with Crippen LogP contribution in [0, 0.1) is 19.7 Å². The van der Waals surface area contributed by atoms with E-state index in [4.69, 9.17) is 5.11 Å². The van der Waals surface area contributed by atoms with Gasteiger partial charge in [-0.15, -0.1) is 0 Å². The molecule has 0 amide bonds. The fourth-order valence-corrected chi connectivity index (χ4v) is 2.91. The number of aromatic nitrogens is 1. The van der Waals surface area contributed by atoms with Crippen LogP contribution in [0.5, 0.6) is 0 Å². The topological polar surface area (TPSA) is 54.6 Å². The summed E-state index contributed by atoms with van der Waals surface area (Å²) in [4.78, 5) is 15.3. The number of carbonyl (C=O) groups is 1. The summed E-state index contributed by atoms with van der Waals surface area (Å²) >= 11 is 0. The van der Waals surface area contributed by atoms with Crippen molar-refractivity contribution in [2.24, 2.45) is 4.99 Å². The van der Waals surface area contributed by atoms with Crippen molar-refractivity contribution in [3.63, 3.8) is 0 Å². The van der Waals surface area contributed by atoms with Gasteiger partial charge in [0, 0.05) is 28.9 Å². The molecule has 0 saturated heterocycles. The highest BCUT2D eigenvalue weighted by atomic mass is 19.1. The minimum atomic E-state index is -0.937. The molecule has 0 atom stereocenters. The van der Waals surface area contributed by atoms with Gasteiger partial charge >= 0.3 is 5.97 Å². The average molecular weight is 350 g/mol. The van der Waals surface area contributed by atoms with Gasteiger partial charge in [-0.1, -0.05) is 12.1 Å². The van der Waals surface area contributed by atoms with Crippen LogP contribution in [0.25, 0.3) is 5.69 Å². The van der Waals surface area contributed by atoms with E-state index in [9.17, 15) is 9.18 Å². The van der Waals surface area contributed by atoms with Gasteiger partial charge < -0.3 is 9.67 Å². The number of carboxylic acids is 1. The maximum absolute atomic E-state index is 13.1. The monoisotopic (exact) mass is 350 g/mol. The molecule has 0 spiro atoms. The molecule has 1 heterocycles. The van der Waals surface area contributed by atoms with Crippen LogP contribution in [0.1, 0.15) is 32.9 Å². The van der Waals surface area contributed by atoms with Crippen molar-refractivity contribution in [3.05, 3.63) is 88.5 Å². The molecule has 0 aliphatic carbocycles. The highest BCUT2D eigenvalue weighted by Crippen LogP contribution is 2.20. The lowest BCUT2D eigenvalue weighted by atomic mass is 10.1. The maximum Gasteiger partial charge on any atom is 0.335 e. The molecule has 0 bridgehead atoms. The number of benzene rings is 2. The van der Waals surface area contributed by atoms with Gasteiger partial charge in [-0.3, -0.25) is 4.99 Å². The highest BCUT2D eigenvalue weighted by molar-refractivity contribution is 5.87. The Bertz CT molecular complexity index is 955. The fourth-order valence-electron chi connectivity index (χ4n) is 2.91. The molecule has 0 radical (unpaired) electrons. The Labute approximate surface area is 151 Å². The summed E-state index contributed by atoms with van der Waals surface area (Å²) in [6.07, 6.45) is 1.81. The van der Waals surface area contributed by atoms with Gasteiger partial charge in [-0.2, -0.15) is 0 Å². The standard InChI is InChI=1S/C21H19FN2O2/c1-14-11-18(15(2)24(14)20-9-7-19(22)8-10-20)13-23-12-16-3-5-17(6-4-16)21(25)26/h3-11,13H,12H2,1-2H3,(H,25,26). The minimum Gasteiger partial charge on any atom is -0.478 e. The lowest BCUT2D eigenvalue weighted by molar-refractivity contribution is 0.0697. The number of carboxylic acid groups (broad SMARTS) is 1. The van der Waals surface area contributed by atoms with E-state index in [-0.39, 0.29) is 11.4 Å². The van der Waals surface area contributed by atoms with Gasteiger partial charge in [0.15, 0.2) is 0 Å². The van der Waals surface area contributed by atoms with Crippen molar-refractivity contribution in [3.8, 4) is 5.69 Å². The molecule has 1 N–H and O–H groups in total. The molecule has 0 fully saturated rings. The smallest absolute Gasteiger partial charge is 0.335 e. The Hall–Kier alpha value is -3.21. The Balaban J connectivity index is 1.78. The zero-order valence-corrected chi connectivity index (χ0v) is 14.6. The number of aromatic carboxylic acids is 1. The second kappa shape index (κ2) is 7.35. The van der Waals surface area contributed by atoms with E-state index in [1.165, 1.54) is 12.1 Å². The number of hydrogen-bond acceptors (Lipinski definition) is 2. The summed E-state index contributed by atoms with van der Waals surface area (Å²) in [6, 6.07) is 15.1. The first kappa shape index (κ1) is 17.6. The van der Waals surface area contributed by atoms with Gasteiger partial charge in [-0.25, -0.2) is 9.18 Å². The van der Waals surface area contributed by atoms with Crippen molar-refractivity contribution in [1.29, 1.82) is 0 Å². The van der Waals surface area contributed by atoms with Crippen LogP contribution in [-0.4, -0.2) is 21.9 Å². The van der Waals surface area contributed by atoms with Gasteiger partial charge in [0.05, 0.1) is 12.1 Å². The van der Waals surface area contributed by atoms with E-state index in [1.807, 2.05) is 26.1 Å². The number of nitrogens with zero attached hydrogens (tertiary/aromatic N) is 2. The molecule has 0 saturated carbocycles. The normalized spacial score (nSPS) is 11.2. The lowest BCUT2D eigenvalue weighted by Crippen LogP contribution is -1.99. The SMILES string of the molecule is Cc1cc(C=NCc2ccc(C(=O)O)cc2)c(C)n1-c1ccc(F)cc1. The lowest BCUT2D eigenvalue weighted by Gasteiger charge is -2.09. The second-order valence-corrected chi connectivity index (χ2v) is 6.11. The zero-order valence-electron chi connectivity index (χ0n) is 14.6. The van der Waals surface area contributed by atoms with Gasteiger partial charge in [0.25, 0.3) is 0 Å². The molecule has 1 aromatic heterocycles. The van der Waals surface area contributed by atoms with Gasteiger partial charge in [0.1, 0.15) is 5.82 Å². The minimum absolute atomic E-state index is 0.257. The molecular formula is C21H19FN2O2. The van der Waals surface area contributed by atoms with Crippen molar-refractivity contribution in [1.82, 2.24) is 4.57 Å². The Morgan fingerprint density at radius 2 is 1.77 bits per heavy atom. The Kier molecular flexibility index (Phi) is 4.98. The van der Waals surface area contributed by atoms with E-state index < -0.39 is 5.97 Å².